The summed E-state index contributed by atoms with van der Waals surface area (Å²) in [6, 6.07) is 3.77. The molecule has 2 rings (SSSR count). The number of nitrogens with two attached hydrogens (primary N) is 1. The minimum atomic E-state index is 0.323. The Labute approximate surface area is 86.6 Å². The predicted octanol–water partition coefficient (Wildman–Crippen LogP) is 2.47. The van der Waals surface area contributed by atoms with E-state index in [1.807, 2.05) is 17.5 Å². The summed E-state index contributed by atoms with van der Waals surface area (Å²) < 4.78 is 5.26. The molecule has 0 amide bonds. The molecule has 2 N–H and O–H groups in total. The van der Waals surface area contributed by atoms with Gasteiger partial charge in [0.15, 0.2) is 5.76 Å². The number of thiazole rings is 1. The average molecular weight is 208 g/mol. The molecule has 2 aromatic heterocycles. The van der Waals surface area contributed by atoms with Crippen LogP contribution in [0.1, 0.15) is 17.8 Å². The highest BCUT2D eigenvalue weighted by atomic mass is 32.1. The molecule has 0 radical (unpaired) electrons. The van der Waals surface area contributed by atoms with Crippen molar-refractivity contribution in [2.24, 2.45) is 5.73 Å². The lowest BCUT2D eigenvalue weighted by Crippen LogP contribution is -2.08. The first-order valence-electron chi connectivity index (χ1n) is 4.50. The first-order valence-corrected chi connectivity index (χ1v) is 5.38. The average Bonchev–Trinajstić information content (AvgIpc) is 2.86. The fraction of sp³-hybridized carbons (Fsp3) is 0.300. The molecule has 4 heteroatoms. The number of furan rings is 1. The summed E-state index contributed by atoms with van der Waals surface area (Å²) in [6.07, 6.45) is 1.65. The van der Waals surface area contributed by atoms with Crippen molar-refractivity contribution in [3.05, 3.63) is 28.8 Å². The van der Waals surface area contributed by atoms with Crippen LogP contribution in [0.4, 0.5) is 0 Å². The highest BCUT2D eigenvalue weighted by Crippen LogP contribution is 2.25. The Kier molecular flexibility index (Phi) is 2.65. The van der Waals surface area contributed by atoms with Crippen LogP contribution in [0.25, 0.3) is 11.5 Å². The summed E-state index contributed by atoms with van der Waals surface area (Å²) in [6.45, 7) is 2.70. The van der Waals surface area contributed by atoms with Crippen molar-refractivity contribution in [2.75, 3.05) is 6.54 Å². The Morgan fingerprint density at radius 1 is 1.64 bits per heavy atom. The highest BCUT2D eigenvalue weighted by Gasteiger charge is 2.10. The number of aromatic nitrogens is 1. The molecule has 0 aromatic carbocycles. The molecule has 14 heavy (non-hydrogen) atoms. The summed E-state index contributed by atoms with van der Waals surface area (Å²) in [5.74, 6) is 1.14. The summed E-state index contributed by atoms with van der Waals surface area (Å²) >= 11 is 1.63. The van der Waals surface area contributed by atoms with Gasteiger partial charge in [0, 0.05) is 17.8 Å². The highest BCUT2D eigenvalue weighted by molar-refractivity contribution is 7.10. The van der Waals surface area contributed by atoms with E-state index < -0.39 is 0 Å². The molecule has 2 heterocycles. The van der Waals surface area contributed by atoms with Gasteiger partial charge in [-0.05, 0) is 12.1 Å². The molecule has 0 aliphatic rings. The third-order valence-electron chi connectivity index (χ3n) is 2.07. The van der Waals surface area contributed by atoms with Crippen LogP contribution in [0.2, 0.25) is 0 Å². The molecule has 0 bridgehead atoms. The second-order valence-corrected chi connectivity index (χ2v) is 4.07. The number of hydrogen-bond acceptors (Lipinski definition) is 4. The van der Waals surface area contributed by atoms with Gasteiger partial charge in [-0.2, -0.15) is 0 Å². The molecule has 0 saturated carbocycles. The van der Waals surface area contributed by atoms with Crippen LogP contribution in [0.5, 0.6) is 0 Å². The largest absolute Gasteiger partial charge is 0.463 e. The first kappa shape index (κ1) is 9.43. The van der Waals surface area contributed by atoms with Gasteiger partial charge < -0.3 is 10.2 Å². The molecule has 0 spiro atoms. The monoisotopic (exact) mass is 208 g/mol. The van der Waals surface area contributed by atoms with Crippen molar-refractivity contribution in [2.45, 2.75) is 12.8 Å². The minimum absolute atomic E-state index is 0.323. The van der Waals surface area contributed by atoms with Gasteiger partial charge in [-0.25, -0.2) is 4.98 Å². The number of nitrogens with zero attached hydrogens (tertiary/aromatic N) is 1. The van der Waals surface area contributed by atoms with Crippen molar-refractivity contribution in [3.63, 3.8) is 0 Å². The van der Waals surface area contributed by atoms with Crippen LogP contribution >= 0.6 is 11.3 Å². The molecule has 1 atom stereocenters. The maximum atomic E-state index is 5.58. The van der Waals surface area contributed by atoms with Gasteiger partial charge in [0.1, 0.15) is 5.69 Å². The summed E-state index contributed by atoms with van der Waals surface area (Å²) in [5, 5.41) is 3.07. The fourth-order valence-electron chi connectivity index (χ4n) is 1.15. The van der Waals surface area contributed by atoms with Crippen LogP contribution in [0.3, 0.4) is 0 Å². The molecule has 74 valence electrons. The van der Waals surface area contributed by atoms with Gasteiger partial charge in [0.05, 0.1) is 11.3 Å². The van der Waals surface area contributed by atoms with Gasteiger partial charge in [-0.3, -0.25) is 0 Å². The molecular weight excluding hydrogens is 196 g/mol. The molecule has 0 aliphatic heterocycles. The summed E-state index contributed by atoms with van der Waals surface area (Å²) in [4.78, 5) is 4.47. The second-order valence-electron chi connectivity index (χ2n) is 3.19. The zero-order chi connectivity index (χ0) is 9.97. The Bertz CT molecular complexity index is 394. The van der Waals surface area contributed by atoms with E-state index in [2.05, 4.69) is 11.9 Å². The van der Waals surface area contributed by atoms with Gasteiger partial charge in [-0.1, -0.05) is 6.92 Å². The maximum absolute atomic E-state index is 5.58. The minimum Gasteiger partial charge on any atom is -0.463 e. The lowest BCUT2D eigenvalue weighted by atomic mass is 10.2. The lowest BCUT2D eigenvalue weighted by Gasteiger charge is -2.01. The van der Waals surface area contributed by atoms with E-state index in [-0.39, 0.29) is 0 Å². The topological polar surface area (TPSA) is 52.0 Å². The van der Waals surface area contributed by atoms with E-state index in [1.165, 1.54) is 0 Å². The molecule has 0 saturated heterocycles. The first-order chi connectivity index (χ1) is 6.81. The van der Waals surface area contributed by atoms with Crippen LogP contribution in [0.15, 0.2) is 28.2 Å². The SMILES string of the molecule is CC(CN)c1nc(-c2ccco2)cs1. The molecule has 0 aliphatic carbocycles. The summed E-state index contributed by atoms with van der Waals surface area (Å²) in [7, 11) is 0. The molecule has 2 aromatic rings. The second kappa shape index (κ2) is 3.94. The normalized spacial score (nSPS) is 13.0. The van der Waals surface area contributed by atoms with E-state index in [0.717, 1.165) is 16.5 Å². The fourth-order valence-corrected chi connectivity index (χ4v) is 2.03. The lowest BCUT2D eigenvalue weighted by molar-refractivity contribution is 0.580. The van der Waals surface area contributed by atoms with Crippen LogP contribution in [0, 0.1) is 0 Å². The standard InChI is InChI=1S/C10H12N2OS/c1-7(5-11)10-12-8(6-14-10)9-3-2-4-13-9/h2-4,6-7H,5,11H2,1H3. The van der Waals surface area contributed by atoms with Gasteiger partial charge >= 0.3 is 0 Å². The summed E-state index contributed by atoms with van der Waals surface area (Å²) in [5.41, 5.74) is 6.47. The third-order valence-corrected chi connectivity index (χ3v) is 3.15. The molecule has 3 nitrogen and oxygen atoms in total. The molecular formula is C10H12N2OS. The van der Waals surface area contributed by atoms with Crippen molar-refractivity contribution in [1.82, 2.24) is 4.98 Å². The van der Waals surface area contributed by atoms with Crippen molar-refractivity contribution in [1.29, 1.82) is 0 Å². The van der Waals surface area contributed by atoms with Crippen molar-refractivity contribution >= 4 is 11.3 Å². The molecule has 1 unspecified atom stereocenters. The van der Waals surface area contributed by atoms with E-state index in [4.69, 9.17) is 10.2 Å². The van der Waals surface area contributed by atoms with Gasteiger partial charge in [0.25, 0.3) is 0 Å². The van der Waals surface area contributed by atoms with Crippen LogP contribution < -0.4 is 5.73 Å². The van der Waals surface area contributed by atoms with E-state index in [0.29, 0.717) is 12.5 Å². The Morgan fingerprint density at radius 2 is 2.50 bits per heavy atom. The smallest absolute Gasteiger partial charge is 0.153 e. The van der Waals surface area contributed by atoms with Crippen molar-refractivity contribution in [3.8, 4) is 11.5 Å². The van der Waals surface area contributed by atoms with E-state index >= 15 is 0 Å². The Hall–Kier alpha value is -1.13. The number of rotatable bonds is 3. The Morgan fingerprint density at radius 3 is 3.14 bits per heavy atom. The molecule has 0 fully saturated rings. The number of hydrogen-bond donors (Lipinski definition) is 1. The maximum Gasteiger partial charge on any atom is 0.153 e. The van der Waals surface area contributed by atoms with Crippen LogP contribution in [-0.2, 0) is 0 Å². The van der Waals surface area contributed by atoms with Gasteiger partial charge in [-0.15, -0.1) is 11.3 Å². The van der Waals surface area contributed by atoms with Crippen LogP contribution in [-0.4, -0.2) is 11.5 Å². The Balaban J connectivity index is 2.26. The zero-order valence-corrected chi connectivity index (χ0v) is 8.75. The van der Waals surface area contributed by atoms with E-state index in [1.54, 1.807) is 17.6 Å². The quantitative estimate of drug-likeness (QED) is 0.843. The predicted molar refractivity (Wildman–Crippen MR) is 57.3 cm³/mol. The van der Waals surface area contributed by atoms with Gasteiger partial charge in [0.2, 0.25) is 0 Å². The van der Waals surface area contributed by atoms with E-state index in [9.17, 15) is 0 Å². The van der Waals surface area contributed by atoms with Crippen molar-refractivity contribution < 1.29 is 4.42 Å². The third kappa shape index (κ3) is 1.71. The zero-order valence-electron chi connectivity index (χ0n) is 7.93.